The zero-order valence-electron chi connectivity index (χ0n) is 6.61. The van der Waals surface area contributed by atoms with Crippen molar-refractivity contribution >= 4 is 17.7 Å². The minimum atomic E-state index is -1.40. The second-order valence-corrected chi connectivity index (χ2v) is 2.31. The maximum atomic E-state index is 10.8. The van der Waals surface area contributed by atoms with Crippen molar-refractivity contribution < 1.29 is 24.6 Å². The average Bonchev–Trinajstić information content (AvgIpc) is 1.98. The molecule has 0 radical (unpaired) electrons. The lowest BCUT2D eigenvalue weighted by Gasteiger charge is -2.05. The van der Waals surface area contributed by atoms with E-state index in [1.807, 2.05) is 0 Å². The predicted molar refractivity (Wildman–Crippen MR) is 38.7 cm³/mol. The van der Waals surface area contributed by atoms with E-state index in [4.69, 9.17) is 10.2 Å². The zero-order valence-corrected chi connectivity index (χ0v) is 6.61. The van der Waals surface area contributed by atoms with Crippen LogP contribution >= 0.6 is 0 Å². The zero-order chi connectivity index (χ0) is 9.72. The second kappa shape index (κ2) is 4.48. The molecule has 12 heavy (non-hydrogen) atoms. The van der Waals surface area contributed by atoms with Gasteiger partial charge in [-0.3, -0.25) is 14.4 Å². The Bertz CT molecular complexity index is 208. The van der Waals surface area contributed by atoms with Crippen LogP contribution in [0.2, 0.25) is 0 Å². The Morgan fingerprint density at radius 1 is 1.25 bits per heavy atom. The molecule has 0 aromatic rings. The van der Waals surface area contributed by atoms with Gasteiger partial charge < -0.3 is 10.2 Å². The molecule has 1 unspecified atom stereocenters. The number of carbonyl (C=O) groups excluding carboxylic acids is 1. The Balaban J connectivity index is 4.33. The van der Waals surface area contributed by atoms with Crippen molar-refractivity contribution in [3.63, 3.8) is 0 Å². The SMILES string of the molecule is CCC(=O)C(CC(=O)O)C(=O)O. The molecule has 0 aromatic carbocycles. The fourth-order valence-electron chi connectivity index (χ4n) is 0.760. The van der Waals surface area contributed by atoms with Gasteiger partial charge in [0.05, 0.1) is 6.42 Å². The molecule has 0 saturated heterocycles. The topological polar surface area (TPSA) is 91.7 Å². The van der Waals surface area contributed by atoms with Gasteiger partial charge in [-0.1, -0.05) is 6.92 Å². The summed E-state index contributed by atoms with van der Waals surface area (Å²) in [6, 6.07) is 0. The third kappa shape index (κ3) is 3.14. The molecule has 5 heteroatoms. The summed E-state index contributed by atoms with van der Waals surface area (Å²) in [5, 5.41) is 16.7. The fourth-order valence-corrected chi connectivity index (χ4v) is 0.760. The van der Waals surface area contributed by atoms with Gasteiger partial charge in [-0.05, 0) is 0 Å². The smallest absolute Gasteiger partial charge is 0.314 e. The third-order valence-electron chi connectivity index (χ3n) is 1.41. The van der Waals surface area contributed by atoms with Crippen LogP contribution in [-0.2, 0) is 14.4 Å². The number of hydrogen-bond donors (Lipinski definition) is 2. The van der Waals surface area contributed by atoms with Crippen molar-refractivity contribution in [2.45, 2.75) is 19.8 Å². The molecule has 0 aliphatic rings. The van der Waals surface area contributed by atoms with E-state index in [0.29, 0.717) is 0 Å². The van der Waals surface area contributed by atoms with Crippen LogP contribution < -0.4 is 0 Å². The minimum absolute atomic E-state index is 0.0459. The minimum Gasteiger partial charge on any atom is -0.481 e. The Hall–Kier alpha value is -1.39. The number of hydrogen-bond acceptors (Lipinski definition) is 3. The molecule has 0 bridgehead atoms. The predicted octanol–water partition coefficient (Wildman–Crippen LogP) is 0.141. The van der Waals surface area contributed by atoms with Crippen molar-refractivity contribution in [1.29, 1.82) is 0 Å². The first-order valence-corrected chi connectivity index (χ1v) is 3.46. The Kier molecular flexibility index (Phi) is 3.96. The molecule has 2 N–H and O–H groups in total. The first-order valence-electron chi connectivity index (χ1n) is 3.46. The maximum Gasteiger partial charge on any atom is 0.314 e. The highest BCUT2D eigenvalue weighted by Crippen LogP contribution is 2.07. The van der Waals surface area contributed by atoms with Gasteiger partial charge in [-0.2, -0.15) is 0 Å². The second-order valence-electron chi connectivity index (χ2n) is 2.31. The van der Waals surface area contributed by atoms with E-state index >= 15 is 0 Å². The Morgan fingerprint density at radius 3 is 2.00 bits per heavy atom. The Morgan fingerprint density at radius 2 is 1.75 bits per heavy atom. The summed E-state index contributed by atoms with van der Waals surface area (Å²) in [7, 11) is 0. The number of carbonyl (C=O) groups is 3. The van der Waals surface area contributed by atoms with E-state index in [-0.39, 0.29) is 6.42 Å². The summed E-state index contributed by atoms with van der Waals surface area (Å²) in [5.41, 5.74) is 0. The standard InChI is InChI=1S/C7H10O5/c1-2-5(8)4(7(11)12)3-6(9)10/h4H,2-3H2,1H3,(H,9,10)(H,11,12). The summed E-state index contributed by atoms with van der Waals surface area (Å²) in [6.07, 6.45) is -0.591. The number of carboxylic acids is 2. The summed E-state index contributed by atoms with van der Waals surface area (Å²) in [6.45, 7) is 1.50. The van der Waals surface area contributed by atoms with E-state index in [0.717, 1.165) is 0 Å². The van der Waals surface area contributed by atoms with Crippen LogP contribution in [0.3, 0.4) is 0 Å². The lowest BCUT2D eigenvalue weighted by Crippen LogP contribution is -2.25. The highest BCUT2D eigenvalue weighted by molar-refractivity contribution is 6.00. The largest absolute Gasteiger partial charge is 0.481 e. The third-order valence-corrected chi connectivity index (χ3v) is 1.41. The van der Waals surface area contributed by atoms with Crippen LogP contribution in [0, 0.1) is 5.92 Å². The van der Waals surface area contributed by atoms with Crippen LogP contribution in [0.25, 0.3) is 0 Å². The normalized spacial score (nSPS) is 12.1. The van der Waals surface area contributed by atoms with Gasteiger partial charge in [0.1, 0.15) is 11.7 Å². The molecule has 0 saturated carbocycles. The van der Waals surface area contributed by atoms with E-state index in [9.17, 15) is 14.4 Å². The molecule has 0 aliphatic heterocycles. The summed E-state index contributed by atoms with van der Waals surface area (Å²) < 4.78 is 0. The van der Waals surface area contributed by atoms with Gasteiger partial charge >= 0.3 is 11.9 Å². The lowest BCUT2D eigenvalue weighted by molar-refractivity contribution is -0.152. The van der Waals surface area contributed by atoms with Crippen LogP contribution in [0.1, 0.15) is 19.8 Å². The summed E-state index contributed by atoms with van der Waals surface area (Å²) >= 11 is 0. The number of rotatable bonds is 5. The van der Waals surface area contributed by atoms with Crippen molar-refractivity contribution in [2.24, 2.45) is 5.92 Å². The molecular weight excluding hydrogens is 164 g/mol. The quantitative estimate of drug-likeness (QED) is 0.578. The van der Waals surface area contributed by atoms with Gasteiger partial charge in [0.25, 0.3) is 0 Å². The lowest BCUT2D eigenvalue weighted by atomic mass is 9.99. The average molecular weight is 174 g/mol. The molecule has 0 spiro atoms. The van der Waals surface area contributed by atoms with Gasteiger partial charge in [0.15, 0.2) is 0 Å². The summed E-state index contributed by atoms with van der Waals surface area (Å²) in [5.74, 6) is -4.59. The van der Waals surface area contributed by atoms with Crippen LogP contribution in [0.4, 0.5) is 0 Å². The number of ketones is 1. The van der Waals surface area contributed by atoms with Gasteiger partial charge in [0.2, 0.25) is 0 Å². The Labute approximate surface area is 69.0 Å². The highest BCUT2D eigenvalue weighted by atomic mass is 16.4. The monoisotopic (exact) mass is 174 g/mol. The molecule has 0 amide bonds. The van der Waals surface area contributed by atoms with Gasteiger partial charge in [0, 0.05) is 6.42 Å². The van der Waals surface area contributed by atoms with E-state index in [1.165, 1.54) is 6.92 Å². The molecule has 0 rings (SSSR count). The maximum absolute atomic E-state index is 10.8. The molecule has 5 nitrogen and oxygen atoms in total. The van der Waals surface area contributed by atoms with E-state index in [1.54, 1.807) is 0 Å². The van der Waals surface area contributed by atoms with Crippen LogP contribution in [-0.4, -0.2) is 27.9 Å². The van der Waals surface area contributed by atoms with Crippen LogP contribution in [0.5, 0.6) is 0 Å². The number of aliphatic carboxylic acids is 2. The molecule has 0 heterocycles. The van der Waals surface area contributed by atoms with Crippen molar-refractivity contribution in [2.75, 3.05) is 0 Å². The highest BCUT2D eigenvalue weighted by Gasteiger charge is 2.26. The first-order chi connectivity index (χ1) is 5.49. The molecule has 1 atom stereocenters. The van der Waals surface area contributed by atoms with Crippen molar-refractivity contribution in [3.8, 4) is 0 Å². The first kappa shape index (κ1) is 10.6. The fraction of sp³-hybridized carbons (Fsp3) is 0.571. The summed E-state index contributed by atoms with van der Waals surface area (Å²) in [4.78, 5) is 31.3. The number of carboxylic acid groups (broad SMARTS) is 2. The molecule has 0 aliphatic carbocycles. The van der Waals surface area contributed by atoms with Crippen LogP contribution in [0.15, 0.2) is 0 Å². The molecule has 0 fully saturated rings. The van der Waals surface area contributed by atoms with E-state index < -0.39 is 30.1 Å². The molecular formula is C7H10O5. The number of Topliss-reactive ketones (excluding diaryl/α,β-unsaturated/α-hetero) is 1. The molecule has 0 aromatic heterocycles. The molecule has 68 valence electrons. The van der Waals surface area contributed by atoms with E-state index in [2.05, 4.69) is 0 Å². The van der Waals surface area contributed by atoms with Crippen molar-refractivity contribution in [3.05, 3.63) is 0 Å². The van der Waals surface area contributed by atoms with Gasteiger partial charge in [-0.15, -0.1) is 0 Å². The van der Waals surface area contributed by atoms with Crippen molar-refractivity contribution in [1.82, 2.24) is 0 Å². The van der Waals surface area contributed by atoms with Gasteiger partial charge in [-0.25, -0.2) is 0 Å².